The van der Waals surface area contributed by atoms with E-state index in [-0.39, 0.29) is 17.4 Å². The molecule has 212 valence electrons. The summed E-state index contributed by atoms with van der Waals surface area (Å²) in [5, 5.41) is 5.01. The highest BCUT2D eigenvalue weighted by Crippen LogP contribution is 2.39. The molecule has 1 N–H and O–H groups in total. The number of rotatable bonds is 8. The van der Waals surface area contributed by atoms with E-state index in [1.807, 2.05) is 72.8 Å². The Balaban J connectivity index is 1.44. The van der Waals surface area contributed by atoms with Crippen LogP contribution in [-0.4, -0.2) is 34.0 Å². The second-order valence-corrected chi connectivity index (χ2v) is 10.7. The van der Waals surface area contributed by atoms with Crippen molar-refractivity contribution in [1.29, 1.82) is 0 Å². The van der Waals surface area contributed by atoms with Crippen molar-refractivity contribution in [2.45, 2.75) is 32.4 Å². The number of hydrogen-bond donors (Lipinski definition) is 1. The summed E-state index contributed by atoms with van der Waals surface area (Å²) in [5.74, 6) is 1.66. The maximum atomic E-state index is 14.0. The number of halogens is 1. The van der Waals surface area contributed by atoms with Crippen molar-refractivity contribution < 1.29 is 9.53 Å². The van der Waals surface area contributed by atoms with Gasteiger partial charge in [0.05, 0.1) is 23.6 Å². The SMILES string of the molecule is COc1ccc(CNc2ncnc(N3CCC[C@H]3c3cc4cccc(Cl)c4c(=O)n3-c3ccccc3)c2C(C)=O)cc1. The molecule has 0 spiro atoms. The van der Waals surface area contributed by atoms with E-state index in [2.05, 4.69) is 20.2 Å². The molecule has 1 atom stereocenters. The van der Waals surface area contributed by atoms with Crippen LogP contribution in [0.3, 0.4) is 0 Å². The number of fused-ring (bicyclic) bond motifs is 1. The van der Waals surface area contributed by atoms with Crippen LogP contribution in [0.2, 0.25) is 5.02 Å². The van der Waals surface area contributed by atoms with Gasteiger partial charge in [0.25, 0.3) is 5.56 Å². The van der Waals surface area contributed by atoms with E-state index in [1.54, 1.807) is 17.7 Å². The lowest BCUT2D eigenvalue weighted by molar-refractivity contribution is 0.101. The van der Waals surface area contributed by atoms with Crippen LogP contribution < -0.4 is 20.5 Å². The van der Waals surface area contributed by atoms with Gasteiger partial charge in [0.2, 0.25) is 0 Å². The molecule has 0 saturated carbocycles. The van der Waals surface area contributed by atoms with Gasteiger partial charge in [-0.25, -0.2) is 9.97 Å². The lowest BCUT2D eigenvalue weighted by atomic mass is 10.0. The molecule has 3 aromatic carbocycles. The first-order chi connectivity index (χ1) is 20.5. The van der Waals surface area contributed by atoms with Crippen molar-refractivity contribution in [2.24, 2.45) is 0 Å². The number of pyridine rings is 1. The molecule has 1 aliphatic heterocycles. The van der Waals surface area contributed by atoms with Crippen LogP contribution in [0.5, 0.6) is 5.75 Å². The predicted molar refractivity (Wildman–Crippen MR) is 166 cm³/mol. The molecular formula is C33H30ClN5O3. The molecule has 8 nitrogen and oxygen atoms in total. The van der Waals surface area contributed by atoms with Gasteiger partial charge in [-0.05, 0) is 67.1 Å². The first kappa shape index (κ1) is 27.5. The quantitative estimate of drug-likeness (QED) is 0.207. The van der Waals surface area contributed by atoms with Gasteiger partial charge in [-0.3, -0.25) is 14.2 Å². The Morgan fingerprint density at radius 3 is 2.57 bits per heavy atom. The topological polar surface area (TPSA) is 89.3 Å². The molecule has 0 bridgehead atoms. The average molecular weight is 580 g/mol. The standard InChI is InChI=1S/C33H30ClN5O3/c1-21(40)29-31(35-19-22-13-15-25(42-2)16-14-22)36-20-37-32(29)38-17-7-12-27(38)28-18-23-8-6-11-26(34)30(23)33(41)39(28)24-9-4-3-5-10-24/h3-6,8-11,13-16,18,20,27H,7,12,17,19H2,1-2H3,(H,35,36,37)/t27-/m0/s1. The van der Waals surface area contributed by atoms with Gasteiger partial charge in [-0.2, -0.15) is 0 Å². The molecule has 2 aromatic heterocycles. The summed E-state index contributed by atoms with van der Waals surface area (Å²) >= 11 is 6.53. The largest absolute Gasteiger partial charge is 0.497 e. The monoisotopic (exact) mass is 579 g/mol. The fourth-order valence-corrected chi connectivity index (χ4v) is 6.00. The summed E-state index contributed by atoms with van der Waals surface area (Å²) in [4.78, 5) is 38.3. The molecule has 0 unspecified atom stereocenters. The number of hydrogen-bond acceptors (Lipinski definition) is 7. The number of carbonyl (C=O) groups is 1. The highest BCUT2D eigenvalue weighted by molar-refractivity contribution is 6.35. The fourth-order valence-electron chi connectivity index (χ4n) is 5.74. The van der Waals surface area contributed by atoms with E-state index >= 15 is 0 Å². The minimum Gasteiger partial charge on any atom is -0.497 e. The highest BCUT2D eigenvalue weighted by atomic mass is 35.5. The van der Waals surface area contributed by atoms with E-state index < -0.39 is 0 Å². The molecule has 0 aliphatic carbocycles. The number of Topliss-reactive ketones (excluding diaryl/α,β-unsaturated/α-hetero) is 1. The first-order valence-electron chi connectivity index (χ1n) is 13.8. The normalized spacial score (nSPS) is 14.7. The van der Waals surface area contributed by atoms with E-state index in [4.69, 9.17) is 16.3 Å². The third kappa shape index (κ3) is 5.10. The number of carbonyl (C=O) groups excluding carboxylic acids is 1. The van der Waals surface area contributed by atoms with Gasteiger partial charge in [0, 0.05) is 24.5 Å². The second kappa shape index (κ2) is 11.7. The van der Waals surface area contributed by atoms with E-state index in [0.717, 1.165) is 40.9 Å². The van der Waals surface area contributed by atoms with Crippen molar-refractivity contribution >= 4 is 39.8 Å². The third-order valence-electron chi connectivity index (χ3n) is 7.70. The van der Waals surface area contributed by atoms with Crippen molar-refractivity contribution in [2.75, 3.05) is 23.9 Å². The molecule has 0 amide bonds. The minimum absolute atomic E-state index is 0.140. The summed E-state index contributed by atoms with van der Waals surface area (Å²) in [7, 11) is 1.63. The Morgan fingerprint density at radius 1 is 1.05 bits per heavy atom. The lowest BCUT2D eigenvalue weighted by Crippen LogP contribution is -2.31. The van der Waals surface area contributed by atoms with E-state index in [0.29, 0.717) is 40.7 Å². The zero-order chi connectivity index (χ0) is 29.2. The molecule has 9 heteroatoms. The third-order valence-corrected chi connectivity index (χ3v) is 8.02. The molecule has 1 fully saturated rings. The van der Waals surface area contributed by atoms with Crippen LogP contribution in [0.4, 0.5) is 11.6 Å². The number of nitrogens with zero attached hydrogens (tertiary/aromatic N) is 4. The Bertz CT molecular complexity index is 1820. The van der Waals surface area contributed by atoms with Gasteiger partial charge < -0.3 is 15.0 Å². The maximum Gasteiger partial charge on any atom is 0.264 e. The molecule has 6 rings (SSSR count). The molecule has 1 saturated heterocycles. The van der Waals surface area contributed by atoms with Crippen molar-refractivity contribution in [3.63, 3.8) is 0 Å². The summed E-state index contributed by atoms with van der Waals surface area (Å²) in [6.07, 6.45) is 3.14. The van der Waals surface area contributed by atoms with Crippen LogP contribution in [0.1, 0.15) is 47.4 Å². The van der Waals surface area contributed by atoms with Crippen LogP contribution in [0, 0.1) is 0 Å². The van der Waals surface area contributed by atoms with Gasteiger partial charge in [-0.1, -0.05) is 54.1 Å². The number of ketones is 1. The predicted octanol–water partition coefficient (Wildman–Crippen LogP) is 6.60. The van der Waals surface area contributed by atoms with Crippen molar-refractivity contribution in [3.8, 4) is 11.4 Å². The second-order valence-electron chi connectivity index (χ2n) is 10.3. The van der Waals surface area contributed by atoms with Gasteiger partial charge in [0.15, 0.2) is 5.78 Å². The first-order valence-corrected chi connectivity index (χ1v) is 14.2. The summed E-state index contributed by atoms with van der Waals surface area (Å²) < 4.78 is 7.00. The van der Waals surface area contributed by atoms with Crippen LogP contribution in [-0.2, 0) is 6.54 Å². The molecule has 3 heterocycles. The van der Waals surface area contributed by atoms with Gasteiger partial charge in [0.1, 0.15) is 29.3 Å². The highest BCUT2D eigenvalue weighted by Gasteiger charge is 2.33. The molecule has 0 radical (unpaired) electrons. The maximum absolute atomic E-state index is 14.0. The number of ether oxygens (including phenoxy) is 1. The molecular weight excluding hydrogens is 550 g/mol. The molecule has 1 aliphatic rings. The zero-order valence-corrected chi connectivity index (χ0v) is 24.1. The molecule has 42 heavy (non-hydrogen) atoms. The number of nitrogens with one attached hydrogen (secondary N) is 1. The van der Waals surface area contributed by atoms with Crippen molar-refractivity contribution in [1.82, 2.24) is 14.5 Å². The number of aromatic nitrogens is 3. The smallest absolute Gasteiger partial charge is 0.264 e. The zero-order valence-electron chi connectivity index (χ0n) is 23.4. The summed E-state index contributed by atoms with van der Waals surface area (Å²) in [6, 6.07) is 24.6. The van der Waals surface area contributed by atoms with Crippen LogP contribution in [0.15, 0.2) is 90.0 Å². The van der Waals surface area contributed by atoms with E-state index in [1.165, 1.54) is 13.3 Å². The van der Waals surface area contributed by atoms with Gasteiger partial charge >= 0.3 is 0 Å². The fraction of sp³-hybridized carbons (Fsp3) is 0.212. The lowest BCUT2D eigenvalue weighted by Gasteiger charge is -2.30. The average Bonchev–Trinajstić information content (AvgIpc) is 3.50. The van der Waals surface area contributed by atoms with Gasteiger partial charge in [-0.15, -0.1) is 0 Å². The number of anilines is 2. The Labute approximate surface area is 248 Å². The minimum atomic E-state index is -0.205. The number of para-hydroxylation sites is 1. The van der Waals surface area contributed by atoms with E-state index in [9.17, 15) is 9.59 Å². The Hall–Kier alpha value is -4.69. The van der Waals surface area contributed by atoms with Crippen LogP contribution >= 0.6 is 11.6 Å². The molecule has 5 aromatic rings. The Morgan fingerprint density at radius 2 is 1.83 bits per heavy atom. The number of benzene rings is 3. The summed E-state index contributed by atoms with van der Waals surface area (Å²) in [6.45, 7) is 2.68. The number of methoxy groups -OCH3 is 1. The summed E-state index contributed by atoms with van der Waals surface area (Å²) in [5.41, 5.74) is 2.84. The van der Waals surface area contributed by atoms with Crippen molar-refractivity contribution in [3.05, 3.63) is 117 Å². The van der Waals surface area contributed by atoms with Crippen LogP contribution in [0.25, 0.3) is 16.5 Å². The Kier molecular flexibility index (Phi) is 7.63.